The number of rotatable bonds is 0. The molecule has 116 valence electrons. The molecule has 3 aliphatic carbocycles. The number of hydrogen-bond acceptors (Lipinski definition) is 2. The Hall–Kier alpha value is -1.46. The summed E-state index contributed by atoms with van der Waals surface area (Å²) in [7, 11) is 0. The van der Waals surface area contributed by atoms with E-state index in [-0.39, 0.29) is 11.5 Å². The second-order valence-corrected chi connectivity index (χ2v) is 7.76. The highest BCUT2D eigenvalue weighted by atomic mass is 16.3. The lowest BCUT2D eigenvalue weighted by Crippen LogP contribution is -2.44. The van der Waals surface area contributed by atoms with Crippen LogP contribution < -0.4 is 0 Å². The molecule has 0 spiro atoms. The molecule has 0 radical (unpaired) electrons. The number of phenolic OH excluding ortho intramolecular Hbond substituents is 1. The minimum Gasteiger partial charge on any atom is -0.508 e. The predicted octanol–water partition coefficient (Wildman–Crippen LogP) is 3.59. The van der Waals surface area contributed by atoms with E-state index in [0.29, 0.717) is 23.5 Å². The predicted molar refractivity (Wildman–Crippen MR) is 86.7 cm³/mol. The average Bonchev–Trinajstić information content (AvgIpc) is 2.81. The van der Waals surface area contributed by atoms with Crippen molar-refractivity contribution in [2.24, 2.45) is 17.3 Å². The van der Waals surface area contributed by atoms with E-state index in [4.69, 9.17) is 6.42 Å². The van der Waals surface area contributed by atoms with Gasteiger partial charge in [-0.25, -0.2) is 0 Å². The van der Waals surface area contributed by atoms with Crippen LogP contribution in [0.3, 0.4) is 0 Å². The summed E-state index contributed by atoms with van der Waals surface area (Å²) in [6.07, 6.45) is 12.1. The highest BCUT2D eigenvalue weighted by Crippen LogP contribution is 2.61. The van der Waals surface area contributed by atoms with Gasteiger partial charge in [0.2, 0.25) is 0 Å². The van der Waals surface area contributed by atoms with Crippen LogP contribution in [0.4, 0.5) is 0 Å². The molecule has 2 heteroatoms. The third-order valence-electron chi connectivity index (χ3n) is 6.91. The van der Waals surface area contributed by atoms with Gasteiger partial charge in [-0.05, 0) is 85.0 Å². The van der Waals surface area contributed by atoms with Crippen LogP contribution in [0.25, 0.3) is 0 Å². The minimum atomic E-state index is -0.133. The van der Waals surface area contributed by atoms with Gasteiger partial charge in [0, 0.05) is 5.56 Å². The van der Waals surface area contributed by atoms with Crippen molar-refractivity contribution < 1.29 is 10.2 Å². The van der Waals surface area contributed by atoms with Crippen molar-refractivity contribution in [2.75, 3.05) is 0 Å². The molecule has 4 rings (SSSR count). The summed E-state index contributed by atoms with van der Waals surface area (Å²) < 4.78 is 0. The van der Waals surface area contributed by atoms with Crippen LogP contribution in [0.2, 0.25) is 0 Å². The number of phenols is 1. The number of benzene rings is 1. The third kappa shape index (κ3) is 1.78. The molecule has 1 aromatic rings. The van der Waals surface area contributed by atoms with E-state index in [1.54, 1.807) is 6.07 Å². The Morgan fingerprint density at radius 2 is 2.05 bits per heavy atom. The summed E-state index contributed by atoms with van der Waals surface area (Å²) in [5.74, 6) is 4.86. The molecule has 0 saturated heterocycles. The Kier molecular flexibility index (Phi) is 3.07. The molecule has 3 aliphatic rings. The molecule has 2 N–H and O–H groups in total. The van der Waals surface area contributed by atoms with Gasteiger partial charge in [-0.1, -0.05) is 12.8 Å². The maximum absolute atomic E-state index is 10.4. The Bertz CT molecular complexity index is 656. The van der Waals surface area contributed by atoms with Gasteiger partial charge in [0.15, 0.2) is 0 Å². The summed E-state index contributed by atoms with van der Waals surface area (Å²) in [5.41, 5.74) is 3.55. The fraction of sp³-hybridized carbons (Fsp3) is 0.600. The quantitative estimate of drug-likeness (QED) is 0.718. The smallest absolute Gasteiger partial charge is 0.117 e. The number of terminal acetylenes is 1. The molecular weight excluding hydrogens is 272 g/mol. The fourth-order valence-corrected chi connectivity index (χ4v) is 5.80. The maximum Gasteiger partial charge on any atom is 0.117 e. The van der Waals surface area contributed by atoms with Crippen LogP contribution in [-0.4, -0.2) is 16.3 Å². The molecule has 1 aromatic carbocycles. The number of aryl methyl sites for hydroxylation is 1. The van der Waals surface area contributed by atoms with Crippen LogP contribution in [0.5, 0.6) is 5.75 Å². The molecule has 0 aromatic heterocycles. The van der Waals surface area contributed by atoms with Gasteiger partial charge in [-0.15, -0.1) is 6.42 Å². The Morgan fingerprint density at radius 1 is 1.23 bits per heavy atom. The SMILES string of the molecule is C#Cc1cc(O)cc2c1C1CCC3(C)C(O)CCC3C1CC2. The van der Waals surface area contributed by atoms with Crippen LogP contribution in [-0.2, 0) is 6.42 Å². The third-order valence-corrected chi connectivity index (χ3v) is 6.91. The van der Waals surface area contributed by atoms with Crippen molar-refractivity contribution in [2.45, 2.75) is 57.5 Å². The lowest BCUT2D eigenvalue weighted by atomic mass is 9.55. The van der Waals surface area contributed by atoms with Crippen LogP contribution in [0.1, 0.15) is 61.6 Å². The van der Waals surface area contributed by atoms with Crippen molar-refractivity contribution in [3.8, 4) is 18.1 Å². The second kappa shape index (κ2) is 4.77. The highest BCUT2D eigenvalue weighted by molar-refractivity contribution is 5.52. The van der Waals surface area contributed by atoms with E-state index >= 15 is 0 Å². The van der Waals surface area contributed by atoms with E-state index < -0.39 is 0 Å². The summed E-state index contributed by atoms with van der Waals surface area (Å²) in [5, 5.41) is 20.3. The van der Waals surface area contributed by atoms with E-state index in [2.05, 4.69) is 12.8 Å². The first kappa shape index (κ1) is 14.2. The number of fused-ring (bicyclic) bond motifs is 5. The molecule has 2 fully saturated rings. The van der Waals surface area contributed by atoms with E-state index in [0.717, 1.165) is 44.1 Å². The van der Waals surface area contributed by atoms with Gasteiger partial charge in [-0.3, -0.25) is 0 Å². The van der Waals surface area contributed by atoms with Gasteiger partial charge < -0.3 is 10.2 Å². The summed E-state index contributed by atoms with van der Waals surface area (Å²) in [4.78, 5) is 0. The molecule has 0 heterocycles. The van der Waals surface area contributed by atoms with E-state index in [9.17, 15) is 10.2 Å². The Labute approximate surface area is 132 Å². The van der Waals surface area contributed by atoms with Gasteiger partial charge in [0.05, 0.1) is 6.10 Å². The largest absolute Gasteiger partial charge is 0.508 e. The van der Waals surface area contributed by atoms with Crippen molar-refractivity contribution in [3.63, 3.8) is 0 Å². The Balaban J connectivity index is 1.78. The monoisotopic (exact) mass is 296 g/mol. The van der Waals surface area contributed by atoms with Crippen molar-refractivity contribution in [1.82, 2.24) is 0 Å². The first-order valence-electron chi connectivity index (χ1n) is 8.55. The number of aromatic hydroxyl groups is 1. The van der Waals surface area contributed by atoms with E-state index in [1.807, 2.05) is 6.07 Å². The van der Waals surface area contributed by atoms with E-state index in [1.165, 1.54) is 11.1 Å². The fourth-order valence-electron chi connectivity index (χ4n) is 5.80. The van der Waals surface area contributed by atoms with Crippen LogP contribution in [0.15, 0.2) is 12.1 Å². The van der Waals surface area contributed by atoms with Gasteiger partial charge in [-0.2, -0.15) is 0 Å². The second-order valence-electron chi connectivity index (χ2n) is 7.76. The van der Waals surface area contributed by atoms with Crippen molar-refractivity contribution >= 4 is 0 Å². The number of aliphatic hydroxyl groups excluding tert-OH is 1. The highest BCUT2D eigenvalue weighted by Gasteiger charge is 2.54. The Morgan fingerprint density at radius 3 is 2.82 bits per heavy atom. The number of hydrogen-bond donors (Lipinski definition) is 2. The zero-order chi connectivity index (χ0) is 15.5. The summed E-state index contributed by atoms with van der Waals surface area (Å²) >= 11 is 0. The lowest BCUT2D eigenvalue weighted by Gasteiger charge is -2.50. The van der Waals surface area contributed by atoms with Gasteiger partial charge in [0.1, 0.15) is 5.75 Å². The first-order chi connectivity index (χ1) is 10.5. The zero-order valence-electron chi connectivity index (χ0n) is 13.2. The maximum atomic E-state index is 10.4. The van der Waals surface area contributed by atoms with Gasteiger partial charge in [0.25, 0.3) is 0 Å². The molecular formula is C20H24O2. The standard InChI is InChI=1S/C20H24O2/c1-3-12-10-14(21)11-13-4-5-15-16(19(12)13)8-9-20(2)17(15)6-7-18(20)22/h1,10-11,15-18,21-22H,4-9H2,2H3. The lowest BCUT2D eigenvalue weighted by molar-refractivity contribution is -0.0226. The van der Waals surface area contributed by atoms with Gasteiger partial charge >= 0.3 is 0 Å². The van der Waals surface area contributed by atoms with Crippen LogP contribution in [0, 0.1) is 29.6 Å². The molecule has 0 aliphatic heterocycles. The number of aliphatic hydroxyl groups is 1. The molecule has 0 amide bonds. The van der Waals surface area contributed by atoms with Crippen molar-refractivity contribution in [3.05, 3.63) is 28.8 Å². The van der Waals surface area contributed by atoms with Crippen molar-refractivity contribution in [1.29, 1.82) is 0 Å². The van der Waals surface area contributed by atoms with Crippen LogP contribution >= 0.6 is 0 Å². The average molecular weight is 296 g/mol. The molecule has 0 bridgehead atoms. The summed E-state index contributed by atoms with van der Waals surface area (Å²) in [6.45, 7) is 2.29. The molecule has 5 unspecified atom stereocenters. The molecule has 22 heavy (non-hydrogen) atoms. The zero-order valence-corrected chi connectivity index (χ0v) is 13.2. The topological polar surface area (TPSA) is 40.5 Å². The molecule has 5 atom stereocenters. The normalized spacial score (nSPS) is 39.5. The molecule has 2 nitrogen and oxygen atoms in total. The molecule has 2 saturated carbocycles. The summed E-state index contributed by atoms with van der Waals surface area (Å²) in [6, 6.07) is 3.65. The first-order valence-corrected chi connectivity index (χ1v) is 8.55. The minimum absolute atomic E-state index is 0.103.